The SMILES string of the molecule is CC(=O)c1ccc(C(C)(C)N2CCOCC2)cc1. The molecule has 3 heteroatoms. The standard InChI is InChI=1S/C15H21NO2/c1-12(17)13-4-6-14(7-5-13)15(2,3)16-8-10-18-11-9-16/h4-7H,8-11H2,1-3H3. The van der Waals surface area contributed by atoms with E-state index in [1.54, 1.807) is 6.92 Å². The molecule has 1 aromatic carbocycles. The van der Waals surface area contributed by atoms with Gasteiger partial charge in [0.15, 0.2) is 5.78 Å². The molecule has 2 rings (SSSR count). The zero-order valence-electron chi connectivity index (χ0n) is 11.4. The van der Waals surface area contributed by atoms with Crippen LogP contribution in [-0.4, -0.2) is 37.0 Å². The maximum Gasteiger partial charge on any atom is 0.159 e. The first-order valence-corrected chi connectivity index (χ1v) is 6.46. The van der Waals surface area contributed by atoms with Crippen LogP contribution in [0.4, 0.5) is 0 Å². The number of carbonyl (C=O) groups excluding carboxylic acids is 1. The molecule has 98 valence electrons. The molecule has 1 aliphatic rings. The lowest BCUT2D eigenvalue weighted by molar-refractivity contribution is -0.0118. The predicted octanol–water partition coefficient (Wildman–Crippen LogP) is 2.46. The summed E-state index contributed by atoms with van der Waals surface area (Å²) >= 11 is 0. The van der Waals surface area contributed by atoms with Gasteiger partial charge in [-0.1, -0.05) is 24.3 Å². The second-order valence-corrected chi connectivity index (χ2v) is 5.29. The molecule has 1 saturated heterocycles. The fraction of sp³-hybridized carbons (Fsp3) is 0.533. The van der Waals surface area contributed by atoms with E-state index >= 15 is 0 Å². The molecule has 3 nitrogen and oxygen atoms in total. The van der Waals surface area contributed by atoms with Gasteiger partial charge < -0.3 is 4.74 Å². The first-order chi connectivity index (χ1) is 8.51. The second-order valence-electron chi connectivity index (χ2n) is 5.29. The van der Waals surface area contributed by atoms with Crippen LogP contribution in [0.2, 0.25) is 0 Å². The number of Topliss-reactive ketones (excluding diaryl/α,β-unsaturated/α-hetero) is 1. The van der Waals surface area contributed by atoms with E-state index in [4.69, 9.17) is 4.74 Å². The Bertz CT molecular complexity index is 417. The molecule has 0 N–H and O–H groups in total. The summed E-state index contributed by atoms with van der Waals surface area (Å²) in [7, 11) is 0. The molecule has 1 aliphatic heterocycles. The fourth-order valence-electron chi connectivity index (χ4n) is 2.42. The highest BCUT2D eigenvalue weighted by atomic mass is 16.5. The summed E-state index contributed by atoms with van der Waals surface area (Å²) in [5, 5.41) is 0. The van der Waals surface area contributed by atoms with E-state index in [0.717, 1.165) is 31.9 Å². The smallest absolute Gasteiger partial charge is 0.159 e. The van der Waals surface area contributed by atoms with Gasteiger partial charge in [0.1, 0.15) is 0 Å². The molecule has 0 aliphatic carbocycles. The van der Waals surface area contributed by atoms with Crippen molar-refractivity contribution in [3.8, 4) is 0 Å². The molecular formula is C15H21NO2. The minimum absolute atomic E-state index is 0.0148. The second kappa shape index (κ2) is 5.21. The molecule has 0 unspecified atom stereocenters. The number of rotatable bonds is 3. The van der Waals surface area contributed by atoms with Crippen molar-refractivity contribution in [3.63, 3.8) is 0 Å². The largest absolute Gasteiger partial charge is 0.379 e. The molecule has 0 amide bonds. The first-order valence-electron chi connectivity index (χ1n) is 6.46. The molecule has 1 heterocycles. The zero-order chi connectivity index (χ0) is 13.2. The van der Waals surface area contributed by atoms with Gasteiger partial charge >= 0.3 is 0 Å². The molecule has 0 saturated carbocycles. The number of carbonyl (C=O) groups is 1. The van der Waals surface area contributed by atoms with Gasteiger partial charge in [0.2, 0.25) is 0 Å². The highest BCUT2D eigenvalue weighted by Crippen LogP contribution is 2.28. The van der Waals surface area contributed by atoms with E-state index in [-0.39, 0.29) is 11.3 Å². The number of ether oxygens (including phenoxy) is 1. The molecule has 0 aromatic heterocycles. The zero-order valence-corrected chi connectivity index (χ0v) is 11.4. The van der Waals surface area contributed by atoms with Crippen LogP contribution in [0.1, 0.15) is 36.7 Å². The molecule has 1 fully saturated rings. The van der Waals surface area contributed by atoms with Crippen molar-refractivity contribution in [1.29, 1.82) is 0 Å². The van der Waals surface area contributed by atoms with Crippen LogP contribution in [0.5, 0.6) is 0 Å². The summed E-state index contributed by atoms with van der Waals surface area (Å²) in [6.45, 7) is 9.57. The summed E-state index contributed by atoms with van der Waals surface area (Å²) in [5.41, 5.74) is 2.00. The third-order valence-corrected chi connectivity index (χ3v) is 3.80. The number of hydrogen-bond donors (Lipinski definition) is 0. The number of benzene rings is 1. The molecule has 18 heavy (non-hydrogen) atoms. The highest BCUT2D eigenvalue weighted by molar-refractivity contribution is 5.94. The van der Waals surface area contributed by atoms with Crippen LogP contribution >= 0.6 is 0 Å². The Balaban J connectivity index is 2.20. The van der Waals surface area contributed by atoms with Gasteiger partial charge in [-0.15, -0.1) is 0 Å². The van der Waals surface area contributed by atoms with Crippen molar-refractivity contribution in [2.75, 3.05) is 26.3 Å². The molecular weight excluding hydrogens is 226 g/mol. The summed E-state index contributed by atoms with van der Waals surface area (Å²) < 4.78 is 5.39. The van der Waals surface area contributed by atoms with Gasteiger partial charge in [0.25, 0.3) is 0 Å². The maximum atomic E-state index is 11.3. The Kier molecular flexibility index (Phi) is 3.83. The van der Waals surface area contributed by atoms with E-state index < -0.39 is 0 Å². The lowest BCUT2D eigenvalue weighted by Crippen LogP contribution is -2.47. The van der Waals surface area contributed by atoms with Gasteiger partial charge in [-0.05, 0) is 26.3 Å². The van der Waals surface area contributed by atoms with Crippen molar-refractivity contribution in [3.05, 3.63) is 35.4 Å². The van der Waals surface area contributed by atoms with E-state index in [2.05, 4.69) is 30.9 Å². The third kappa shape index (κ3) is 2.62. The first kappa shape index (κ1) is 13.2. The van der Waals surface area contributed by atoms with Crippen LogP contribution < -0.4 is 0 Å². The fourth-order valence-corrected chi connectivity index (χ4v) is 2.42. The average Bonchev–Trinajstić information content (AvgIpc) is 2.40. The molecule has 0 atom stereocenters. The Labute approximate surface area is 109 Å². The van der Waals surface area contributed by atoms with Crippen molar-refractivity contribution < 1.29 is 9.53 Å². The van der Waals surface area contributed by atoms with Gasteiger partial charge in [-0.3, -0.25) is 9.69 Å². The number of morpholine rings is 1. The summed E-state index contributed by atoms with van der Waals surface area (Å²) in [6.07, 6.45) is 0. The molecule has 0 spiro atoms. The average molecular weight is 247 g/mol. The van der Waals surface area contributed by atoms with Crippen LogP contribution in [0.3, 0.4) is 0 Å². The summed E-state index contributed by atoms with van der Waals surface area (Å²) in [4.78, 5) is 13.7. The van der Waals surface area contributed by atoms with Crippen LogP contribution in [0.15, 0.2) is 24.3 Å². The van der Waals surface area contributed by atoms with E-state index in [1.807, 2.05) is 12.1 Å². The lowest BCUT2D eigenvalue weighted by atomic mass is 9.91. The Morgan fingerprint density at radius 1 is 1.17 bits per heavy atom. The normalized spacial score (nSPS) is 17.7. The third-order valence-electron chi connectivity index (χ3n) is 3.80. The minimum atomic E-state index is -0.0148. The van der Waals surface area contributed by atoms with Gasteiger partial charge in [-0.2, -0.15) is 0 Å². The lowest BCUT2D eigenvalue weighted by Gasteiger charge is -2.41. The molecule has 0 radical (unpaired) electrons. The Morgan fingerprint density at radius 3 is 2.22 bits per heavy atom. The van der Waals surface area contributed by atoms with Crippen LogP contribution in [-0.2, 0) is 10.3 Å². The van der Waals surface area contributed by atoms with Gasteiger partial charge in [-0.25, -0.2) is 0 Å². The highest BCUT2D eigenvalue weighted by Gasteiger charge is 2.29. The van der Waals surface area contributed by atoms with Crippen molar-refractivity contribution in [2.24, 2.45) is 0 Å². The predicted molar refractivity (Wildman–Crippen MR) is 71.9 cm³/mol. The monoisotopic (exact) mass is 247 g/mol. The minimum Gasteiger partial charge on any atom is -0.379 e. The van der Waals surface area contributed by atoms with E-state index in [1.165, 1.54) is 5.56 Å². The number of nitrogens with zero attached hydrogens (tertiary/aromatic N) is 1. The molecule has 0 bridgehead atoms. The number of hydrogen-bond acceptors (Lipinski definition) is 3. The van der Waals surface area contributed by atoms with E-state index in [9.17, 15) is 4.79 Å². The van der Waals surface area contributed by atoms with E-state index in [0.29, 0.717) is 0 Å². The Morgan fingerprint density at radius 2 is 1.72 bits per heavy atom. The Hall–Kier alpha value is -1.19. The quantitative estimate of drug-likeness (QED) is 0.768. The topological polar surface area (TPSA) is 29.5 Å². The van der Waals surface area contributed by atoms with Crippen LogP contribution in [0.25, 0.3) is 0 Å². The number of ketones is 1. The van der Waals surface area contributed by atoms with Crippen molar-refractivity contribution in [1.82, 2.24) is 4.90 Å². The maximum absolute atomic E-state index is 11.3. The molecule has 1 aromatic rings. The van der Waals surface area contributed by atoms with Gasteiger partial charge in [0.05, 0.1) is 13.2 Å². The summed E-state index contributed by atoms with van der Waals surface area (Å²) in [5.74, 6) is 0.116. The van der Waals surface area contributed by atoms with Crippen molar-refractivity contribution in [2.45, 2.75) is 26.3 Å². The van der Waals surface area contributed by atoms with Gasteiger partial charge in [0, 0.05) is 24.2 Å². The summed E-state index contributed by atoms with van der Waals surface area (Å²) in [6, 6.07) is 7.96. The van der Waals surface area contributed by atoms with Crippen LogP contribution in [0, 0.1) is 0 Å². The van der Waals surface area contributed by atoms with Crippen molar-refractivity contribution >= 4 is 5.78 Å².